The third kappa shape index (κ3) is 3.90. The molecule has 0 radical (unpaired) electrons. The highest BCUT2D eigenvalue weighted by Crippen LogP contribution is 2.11. The highest BCUT2D eigenvalue weighted by Gasteiger charge is 2.05. The summed E-state index contributed by atoms with van der Waals surface area (Å²) < 4.78 is 0. The van der Waals surface area contributed by atoms with Gasteiger partial charge in [0.25, 0.3) is 0 Å². The summed E-state index contributed by atoms with van der Waals surface area (Å²) >= 11 is 0. The van der Waals surface area contributed by atoms with Crippen LogP contribution >= 0.6 is 0 Å². The number of anilines is 1. The van der Waals surface area contributed by atoms with Gasteiger partial charge >= 0.3 is 5.82 Å². The topological polar surface area (TPSA) is 94.1 Å². The van der Waals surface area contributed by atoms with E-state index in [1.165, 1.54) is 12.3 Å². The Labute approximate surface area is 87.7 Å². The summed E-state index contributed by atoms with van der Waals surface area (Å²) in [6.07, 6.45) is 2.29. The van der Waals surface area contributed by atoms with Gasteiger partial charge in [-0.3, -0.25) is 0 Å². The molecule has 0 saturated carbocycles. The molecule has 0 aliphatic carbocycles. The van der Waals surface area contributed by atoms with Crippen LogP contribution in [-0.2, 0) is 0 Å². The Kier molecular flexibility index (Phi) is 3.99. The molecule has 0 saturated heterocycles. The molecule has 0 aromatic carbocycles. The fraction of sp³-hybridized carbons (Fsp3) is 0.444. The van der Waals surface area contributed by atoms with Crippen LogP contribution < -0.4 is 11.1 Å². The Bertz CT molecular complexity index is 323. The van der Waals surface area contributed by atoms with E-state index >= 15 is 0 Å². The summed E-state index contributed by atoms with van der Waals surface area (Å²) in [7, 11) is 0. The Morgan fingerprint density at radius 3 is 2.87 bits per heavy atom. The second-order valence-corrected chi connectivity index (χ2v) is 3.35. The zero-order valence-corrected chi connectivity index (χ0v) is 8.51. The van der Waals surface area contributed by atoms with Crippen molar-refractivity contribution in [1.29, 1.82) is 0 Å². The molecule has 1 aromatic heterocycles. The van der Waals surface area contributed by atoms with Crippen LogP contribution in [0.5, 0.6) is 0 Å². The standard InChI is InChI=1S/C9H14N4O2/c1-7(10)4-5-11-8-2-3-9(12-6-8)13(14)15/h2-3,6-7,11H,4-5,10H2,1H3. The molecule has 1 rings (SSSR count). The highest BCUT2D eigenvalue weighted by molar-refractivity contribution is 5.43. The normalized spacial score (nSPS) is 12.1. The van der Waals surface area contributed by atoms with Gasteiger partial charge in [-0.2, -0.15) is 0 Å². The van der Waals surface area contributed by atoms with Gasteiger partial charge in [0.2, 0.25) is 0 Å². The molecule has 0 aliphatic rings. The minimum Gasteiger partial charge on any atom is -0.382 e. The second-order valence-electron chi connectivity index (χ2n) is 3.35. The Morgan fingerprint density at radius 1 is 1.67 bits per heavy atom. The van der Waals surface area contributed by atoms with Gasteiger partial charge < -0.3 is 21.2 Å². The van der Waals surface area contributed by atoms with Crippen LogP contribution in [0.15, 0.2) is 18.3 Å². The zero-order chi connectivity index (χ0) is 11.3. The van der Waals surface area contributed by atoms with Gasteiger partial charge in [0, 0.05) is 18.7 Å². The number of hydrogen-bond acceptors (Lipinski definition) is 5. The highest BCUT2D eigenvalue weighted by atomic mass is 16.6. The number of rotatable bonds is 5. The molecule has 1 aromatic rings. The summed E-state index contributed by atoms with van der Waals surface area (Å²) in [6.45, 7) is 2.66. The zero-order valence-electron chi connectivity index (χ0n) is 8.51. The lowest BCUT2D eigenvalue weighted by Crippen LogP contribution is -2.19. The fourth-order valence-corrected chi connectivity index (χ4v) is 1.04. The van der Waals surface area contributed by atoms with Gasteiger partial charge in [-0.25, -0.2) is 0 Å². The molecule has 82 valence electrons. The molecular formula is C9H14N4O2. The molecule has 6 heteroatoms. The molecule has 0 fully saturated rings. The van der Waals surface area contributed by atoms with Gasteiger partial charge in [0.15, 0.2) is 6.20 Å². The van der Waals surface area contributed by atoms with Crippen molar-refractivity contribution in [2.45, 2.75) is 19.4 Å². The van der Waals surface area contributed by atoms with Crippen molar-refractivity contribution in [3.63, 3.8) is 0 Å². The van der Waals surface area contributed by atoms with Crippen molar-refractivity contribution in [3.8, 4) is 0 Å². The molecule has 15 heavy (non-hydrogen) atoms. The summed E-state index contributed by atoms with van der Waals surface area (Å²) in [5.74, 6) is -0.146. The number of pyridine rings is 1. The predicted octanol–water partition coefficient (Wildman–Crippen LogP) is 1.14. The molecule has 0 amide bonds. The smallest absolute Gasteiger partial charge is 0.363 e. The average Bonchev–Trinajstić information content (AvgIpc) is 2.18. The van der Waals surface area contributed by atoms with E-state index in [0.717, 1.165) is 18.7 Å². The van der Waals surface area contributed by atoms with Gasteiger partial charge in [-0.15, -0.1) is 0 Å². The van der Waals surface area contributed by atoms with Crippen molar-refractivity contribution >= 4 is 11.5 Å². The maximum atomic E-state index is 10.3. The van der Waals surface area contributed by atoms with Crippen LogP contribution in [0.3, 0.4) is 0 Å². The van der Waals surface area contributed by atoms with E-state index in [4.69, 9.17) is 5.73 Å². The summed E-state index contributed by atoms with van der Waals surface area (Å²) in [5.41, 5.74) is 6.34. The Hall–Kier alpha value is -1.69. The maximum absolute atomic E-state index is 10.3. The predicted molar refractivity (Wildman–Crippen MR) is 57.6 cm³/mol. The summed E-state index contributed by atoms with van der Waals surface area (Å²) in [4.78, 5) is 13.5. The molecular weight excluding hydrogens is 196 g/mol. The fourth-order valence-electron chi connectivity index (χ4n) is 1.04. The van der Waals surface area contributed by atoms with E-state index in [1.807, 2.05) is 6.92 Å². The number of hydrogen-bond donors (Lipinski definition) is 2. The van der Waals surface area contributed by atoms with E-state index in [0.29, 0.717) is 0 Å². The molecule has 0 aliphatic heterocycles. The third-order valence-electron chi connectivity index (χ3n) is 1.86. The first-order valence-electron chi connectivity index (χ1n) is 4.69. The largest absolute Gasteiger partial charge is 0.382 e. The molecule has 1 unspecified atom stereocenters. The number of nitrogens with one attached hydrogen (secondary N) is 1. The monoisotopic (exact) mass is 210 g/mol. The number of nitrogens with zero attached hydrogens (tertiary/aromatic N) is 2. The molecule has 1 atom stereocenters. The lowest BCUT2D eigenvalue weighted by Gasteiger charge is -2.06. The van der Waals surface area contributed by atoms with Crippen LogP contribution in [0.4, 0.5) is 11.5 Å². The van der Waals surface area contributed by atoms with Gasteiger partial charge in [0.05, 0.1) is 5.69 Å². The van der Waals surface area contributed by atoms with Crippen LogP contribution in [-0.4, -0.2) is 22.5 Å². The number of nitro groups is 1. The van der Waals surface area contributed by atoms with Crippen molar-refractivity contribution in [3.05, 3.63) is 28.4 Å². The summed E-state index contributed by atoms with van der Waals surface area (Å²) in [5, 5.41) is 13.4. The lowest BCUT2D eigenvalue weighted by atomic mass is 10.2. The van der Waals surface area contributed by atoms with Crippen molar-refractivity contribution in [2.24, 2.45) is 5.73 Å². The molecule has 0 spiro atoms. The van der Waals surface area contributed by atoms with E-state index in [2.05, 4.69) is 10.3 Å². The van der Waals surface area contributed by atoms with Crippen LogP contribution in [0.1, 0.15) is 13.3 Å². The van der Waals surface area contributed by atoms with Crippen LogP contribution in [0.25, 0.3) is 0 Å². The van der Waals surface area contributed by atoms with Crippen molar-refractivity contribution in [2.75, 3.05) is 11.9 Å². The first kappa shape index (κ1) is 11.4. The molecule has 6 nitrogen and oxygen atoms in total. The van der Waals surface area contributed by atoms with Gasteiger partial charge in [-0.05, 0) is 29.3 Å². The molecule has 1 heterocycles. The van der Waals surface area contributed by atoms with Crippen LogP contribution in [0.2, 0.25) is 0 Å². The van der Waals surface area contributed by atoms with Gasteiger partial charge in [0.1, 0.15) is 0 Å². The lowest BCUT2D eigenvalue weighted by molar-refractivity contribution is -0.389. The van der Waals surface area contributed by atoms with Crippen molar-refractivity contribution in [1.82, 2.24) is 4.98 Å². The van der Waals surface area contributed by atoms with Crippen molar-refractivity contribution < 1.29 is 4.92 Å². The summed E-state index contributed by atoms with van der Waals surface area (Å²) in [6, 6.07) is 3.14. The minimum atomic E-state index is -0.522. The quantitative estimate of drug-likeness (QED) is 0.561. The number of nitrogens with two attached hydrogens (primary N) is 1. The van der Waals surface area contributed by atoms with Crippen LogP contribution in [0, 0.1) is 10.1 Å². The van der Waals surface area contributed by atoms with E-state index in [-0.39, 0.29) is 11.9 Å². The SMILES string of the molecule is CC(N)CCNc1ccc([N+](=O)[O-])nc1. The second kappa shape index (κ2) is 5.26. The maximum Gasteiger partial charge on any atom is 0.363 e. The Balaban J connectivity index is 2.46. The molecule has 0 bridgehead atoms. The van der Waals surface area contributed by atoms with E-state index < -0.39 is 4.92 Å². The van der Waals surface area contributed by atoms with E-state index in [9.17, 15) is 10.1 Å². The minimum absolute atomic E-state index is 0.142. The Morgan fingerprint density at radius 2 is 2.40 bits per heavy atom. The van der Waals surface area contributed by atoms with E-state index in [1.54, 1.807) is 6.07 Å². The first-order valence-corrected chi connectivity index (χ1v) is 4.69. The number of aromatic nitrogens is 1. The molecule has 3 N–H and O–H groups in total. The van der Waals surface area contributed by atoms with Gasteiger partial charge in [-0.1, -0.05) is 0 Å². The average molecular weight is 210 g/mol. The third-order valence-corrected chi connectivity index (χ3v) is 1.86. The first-order chi connectivity index (χ1) is 7.09.